The number of phenols is 1. The van der Waals surface area contributed by atoms with E-state index >= 15 is 0 Å². The van der Waals surface area contributed by atoms with Gasteiger partial charge in [-0.1, -0.05) is 29.4 Å². The third-order valence-corrected chi connectivity index (χ3v) is 3.18. The van der Waals surface area contributed by atoms with Crippen molar-refractivity contribution in [3.05, 3.63) is 65.5 Å². The van der Waals surface area contributed by atoms with Gasteiger partial charge in [0.15, 0.2) is 5.82 Å². The number of phenolic OH excluding ortho intramolecular Hbond substituents is 1. The molecule has 1 heterocycles. The smallest absolute Gasteiger partial charge is 0.257 e. The quantitative estimate of drug-likeness (QED) is 0.767. The van der Waals surface area contributed by atoms with Crippen molar-refractivity contribution >= 4 is 0 Å². The second-order valence-electron chi connectivity index (χ2n) is 4.76. The van der Waals surface area contributed by atoms with Crippen molar-refractivity contribution in [2.75, 3.05) is 0 Å². The summed E-state index contributed by atoms with van der Waals surface area (Å²) < 4.78 is 5.29. The first-order chi connectivity index (χ1) is 10.2. The molecule has 5 heteroatoms. The number of benzene rings is 2. The van der Waals surface area contributed by atoms with Gasteiger partial charge < -0.3 is 15.4 Å². The molecule has 106 valence electrons. The summed E-state index contributed by atoms with van der Waals surface area (Å²) in [6, 6.07) is 14.7. The summed E-state index contributed by atoms with van der Waals surface area (Å²) in [6.45, 7) is 0.475. The predicted molar refractivity (Wildman–Crippen MR) is 78.5 cm³/mol. The molecule has 0 fully saturated rings. The van der Waals surface area contributed by atoms with Crippen LogP contribution in [-0.2, 0) is 13.0 Å². The highest BCUT2D eigenvalue weighted by Gasteiger charge is 2.09. The van der Waals surface area contributed by atoms with E-state index in [-0.39, 0.29) is 5.75 Å². The number of aromatic hydroxyl groups is 1. The van der Waals surface area contributed by atoms with Gasteiger partial charge in [0, 0.05) is 18.5 Å². The molecule has 3 aromatic rings. The van der Waals surface area contributed by atoms with Crippen LogP contribution in [0.2, 0.25) is 0 Å². The summed E-state index contributed by atoms with van der Waals surface area (Å²) in [5, 5.41) is 13.3. The molecule has 0 unspecified atom stereocenters. The SMILES string of the molecule is NCc1cccc(-c2nc(Cc3ccc(O)cc3)no2)c1. The first-order valence-electron chi connectivity index (χ1n) is 6.64. The van der Waals surface area contributed by atoms with E-state index in [1.165, 1.54) is 0 Å². The fourth-order valence-corrected chi connectivity index (χ4v) is 2.07. The van der Waals surface area contributed by atoms with E-state index < -0.39 is 0 Å². The Balaban J connectivity index is 1.81. The van der Waals surface area contributed by atoms with Gasteiger partial charge in [-0.25, -0.2) is 0 Å². The highest BCUT2D eigenvalue weighted by atomic mass is 16.5. The number of aromatic nitrogens is 2. The molecule has 3 rings (SSSR count). The molecule has 0 saturated carbocycles. The maximum atomic E-state index is 9.26. The zero-order valence-electron chi connectivity index (χ0n) is 11.4. The highest BCUT2D eigenvalue weighted by molar-refractivity contribution is 5.54. The minimum Gasteiger partial charge on any atom is -0.508 e. The molecule has 21 heavy (non-hydrogen) atoms. The minimum absolute atomic E-state index is 0.242. The van der Waals surface area contributed by atoms with Gasteiger partial charge in [0.1, 0.15) is 5.75 Å². The standard InChI is InChI=1S/C16H15N3O2/c17-10-12-2-1-3-13(8-12)16-18-15(19-21-16)9-11-4-6-14(20)7-5-11/h1-8,20H,9-10,17H2. The molecule has 0 aliphatic rings. The summed E-state index contributed by atoms with van der Waals surface area (Å²) in [5.41, 5.74) is 8.52. The van der Waals surface area contributed by atoms with Gasteiger partial charge in [0.25, 0.3) is 5.89 Å². The molecule has 0 bridgehead atoms. The maximum absolute atomic E-state index is 9.26. The monoisotopic (exact) mass is 281 g/mol. The van der Waals surface area contributed by atoms with Crippen molar-refractivity contribution in [2.24, 2.45) is 5.73 Å². The molecule has 0 amide bonds. The molecule has 2 aromatic carbocycles. The first kappa shape index (κ1) is 13.3. The molecule has 1 aromatic heterocycles. The average Bonchev–Trinajstić information content (AvgIpc) is 2.98. The van der Waals surface area contributed by atoms with Crippen molar-refractivity contribution in [3.8, 4) is 17.2 Å². The Morgan fingerprint density at radius 1 is 1.05 bits per heavy atom. The Morgan fingerprint density at radius 3 is 2.62 bits per heavy atom. The van der Waals surface area contributed by atoms with Crippen LogP contribution in [0, 0.1) is 0 Å². The Bertz CT molecular complexity index is 735. The van der Waals surface area contributed by atoms with E-state index in [1.807, 2.05) is 36.4 Å². The molecular weight excluding hydrogens is 266 g/mol. The van der Waals surface area contributed by atoms with Crippen LogP contribution in [0.4, 0.5) is 0 Å². The second kappa shape index (κ2) is 5.76. The third kappa shape index (κ3) is 3.09. The van der Waals surface area contributed by atoms with Gasteiger partial charge in [-0.05, 0) is 35.4 Å². The number of hydrogen-bond donors (Lipinski definition) is 2. The normalized spacial score (nSPS) is 10.7. The lowest BCUT2D eigenvalue weighted by molar-refractivity contribution is 0.424. The Labute approximate surface area is 122 Å². The summed E-state index contributed by atoms with van der Waals surface area (Å²) >= 11 is 0. The molecule has 0 spiro atoms. The van der Waals surface area contributed by atoms with Crippen molar-refractivity contribution in [3.63, 3.8) is 0 Å². The van der Waals surface area contributed by atoms with Crippen molar-refractivity contribution in [1.82, 2.24) is 10.1 Å². The Kier molecular flexibility index (Phi) is 3.66. The lowest BCUT2D eigenvalue weighted by Gasteiger charge is -1.98. The topological polar surface area (TPSA) is 85.2 Å². The molecule has 3 N–H and O–H groups in total. The summed E-state index contributed by atoms with van der Waals surface area (Å²) in [6.07, 6.45) is 0.556. The fraction of sp³-hybridized carbons (Fsp3) is 0.125. The van der Waals surface area contributed by atoms with Crippen LogP contribution >= 0.6 is 0 Å². The fourth-order valence-electron chi connectivity index (χ4n) is 2.07. The maximum Gasteiger partial charge on any atom is 0.257 e. The molecular formula is C16H15N3O2. The predicted octanol–water partition coefficient (Wildman–Crippen LogP) is 2.49. The summed E-state index contributed by atoms with van der Waals surface area (Å²) in [7, 11) is 0. The summed E-state index contributed by atoms with van der Waals surface area (Å²) in [4.78, 5) is 4.39. The second-order valence-corrected chi connectivity index (χ2v) is 4.76. The van der Waals surface area contributed by atoms with Crippen molar-refractivity contribution in [1.29, 1.82) is 0 Å². The van der Waals surface area contributed by atoms with E-state index in [4.69, 9.17) is 10.3 Å². The van der Waals surface area contributed by atoms with Crippen LogP contribution < -0.4 is 5.73 Å². The van der Waals surface area contributed by atoms with E-state index in [2.05, 4.69) is 10.1 Å². The number of hydrogen-bond acceptors (Lipinski definition) is 5. The van der Waals surface area contributed by atoms with Crippen LogP contribution in [0.25, 0.3) is 11.5 Å². The summed E-state index contributed by atoms with van der Waals surface area (Å²) in [5.74, 6) is 1.33. The molecule has 0 aliphatic heterocycles. The van der Waals surface area contributed by atoms with Gasteiger partial charge in [-0.15, -0.1) is 0 Å². The van der Waals surface area contributed by atoms with Crippen molar-refractivity contribution in [2.45, 2.75) is 13.0 Å². The van der Waals surface area contributed by atoms with Crippen LogP contribution in [0.1, 0.15) is 17.0 Å². The molecule has 0 radical (unpaired) electrons. The minimum atomic E-state index is 0.242. The van der Waals surface area contributed by atoms with Crippen LogP contribution in [0.3, 0.4) is 0 Å². The average molecular weight is 281 g/mol. The van der Waals surface area contributed by atoms with E-state index in [1.54, 1.807) is 12.1 Å². The van der Waals surface area contributed by atoms with E-state index in [9.17, 15) is 5.11 Å². The number of nitrogens with two attached hydrogens (primary N) is 1. The lowest BCUT2D eigenvalue weighted by Crippen LogP contribution is -1.95. The number of rotatable bonds is 4. The molecule has 0 saturated heterocycles. The third-order valence-electron chi connectivity index (χ3n) is 3.18. The zero-order chi connectivity index (χ0) is 14.7. The Morgan fingerprint density at radius 2 is 1.86 bits per heavy atom. The number of nitrogens with zero attached hydrogens (tertiary/aromatic N) is 2. The molecule has 0 aliphatic carbocycles. The lowest BCUT2D eigenvalue weighted by atomic mass is 10.1. The zero-order valence-corrected chi connectivity index (χ0v) is 11.4. The van der Waals surface area contributed by atoms with Crippen molar-refractivity contribution < 1.29 is 9.63 Å². The van der Waals surface area contributed by atoms with Gasteiger partial charge in [-0.2, -0.15) is 4.98 Å². The van der Waals surface area contributed by atoms with Crippen LogP contribution in [0.5, 0.6) is 5.75 Å². The molecule has 0 atom stereocenters. The van der Waals surface area contributed by atoms with E-state index in [0.717, 1.165) is 16.7 Å². The van der Waals surface area contributed by atoms with Gasteiger partial charge >= 0.3 is 0 Å². The largest absolute Gasteiger partial charge is 0.508 e. The first-order valence-corrected chi connectivity index (χ1v) is 6.64. The van der Waals surface area contributed by atoms with Crippen LogP contribution in [-0.4, -0.2) is 15.2 Å². The van der Waals surface area contributed by atoms with Gasteiger partial charge in [-0.3, -0.25) is 0 Å². The van der Waals surface area contributed by atoms with Crippen LogP contribution in [0.15, 0.2) is 53.1 Å². The van der Waals surface area contributed by atoms with Gasteiger partial charge in [0.2, 0.25) is 0 Å². The van der Waals surface area contributed by atoms with Gasteiger partial charge in [0.05, 0.1) is 0 Å². The Hall–Kier alpha value is -2.66. The molecule has 5 nitrogen and oxygen atoms in total. The highest BCUT2D eigenvalue weighted by Crippen LogP contribution is 2.19. The van der Waals surface area contributed by atoms with E-state index in [0.29, 0.717) is 24.7 Å².